The Hall–Kier alpha value is -3.47. The molecule has 1 aromatic carbocycles. The summed E-state index contributed by atoms with van der Waals surface area (Å²) in [5.41, 5.74) is 1.93. The summed E-state index contributed by atoms with van der Waals surface area (Å²) in [5, 5.41) is 10.8. The number of aromatic nitrogens is 2. The van der Waals surface area contributed by atoms with Crippen LogP contribution in [0.3, 0.4) is 0 Å². The van der Waals surface area contributed by atoms with Crippen LogP contribution in [0.5, 0.6) is 11.5 Å². The number of ether oxygens (including phenoxy) is 3. The van der Waals surface area contributed by atoms with Crippen molar-refractivity contribution in [1.29, 1.82) is 0 Å². The molecular formula is C21H14FN3O5S. The number of nitro groups is 1. The lowest BCUT2D eigenvalue weighted by molar-refractivity contribution is -0.385. The number of hydrogen-bond acceptors (Lipinski definition) is 8. The molecule has 0 atom stereocenters. The third-order valence-electron chi connectivity index (χ3n) is 4.65. The number of halogens is 1. The number of hydrogen-bond donors (Lipinski definition) is 0. The van der Waals surface area contributed by atoms with Crippen molar-refractivity contribution in [1.82, 2.24) is 9.97 Å². The first-order chi connectivity index (χ1) is 15.1. The van der Waals surface area contributed by atoms with Crippen LogP contribution >= 0.6 is 11.3 Å². The van der Waals surface area contributed by atoms with E-state index in [9.17, 15) is 14.5 Å². The fourth-order valence-corrected chi connectivity index (χ4v) is 4.21. The van der Waals surface area contributed by atoms with Gasteiger partial charge in [-0.3, -0.25) is 20.1 Å². The van der Waals surface area contributed by atoms with E-state index in [0.29, 0.717) is 29.2 Å². The fraction of sp³-hybridized carbons (Fsp3) is 0.143. The summed E-state index contributed by atoms with van der Waals surface area (Å²) in [6.45, 7) is 1.12. The zero-order valence-corrected chi connectivity index (χ0v) is 16.7. The monoisotopic (exact) mass is 439 g/mol. The molecule has 0 bridgehead atoms. The van der Waals surface area contributed by atoms with Crippen LogP contribution in [0.1, 0.15) is 11.9 Å². The van der Waals surface area contributed by atoms with Crippen LogP contribution < -0.4 is 4.74 Å². The summed E-state index contributed by atoms with van der Waals surface area (Å²) in [5.74, 6) is -0.519. The molecule has 0 amide bonds. The average Bonchev–Trinajstić information content (AvgIpc) is 3.46. The van der Waals surface area contributed by atoms with Crippen molar-refractivity contribution in [2.45, 2.75) is 6.29 Å². The molecule has 1 aliphatic rings. The third-order valence-corrected chi connectivity index (χ3v) is 5.82. The van der Waals surface area contributed by atoms with E-state index in [4.69, 9.17) is 14.2 Å². The second kappa shape index (κ2) is 7.99. The SMILES string of the molecule is O=[N+]([O-])c1ccc(Oc2ccnc3cc(-c4ccc(C5OCCO5)cn4)sc23)c(F)c1. The number of fused-ring (bicyclic) bond motifs is 1. The maximum atomic E-state index is 14.3. The smallest absolute Gasteiger partial charge is 0.272 e. The molecule has 1 fully saturated rings. The normalized spacial score (nSPS) is 14.2. The van der Waals surface area contributed by atoms with Crippen molar-refractivity contribution in [3.05, 3.63) is 76.4 Å². The van der Waals surface area contributed by atoms with Crippen molar-refractivity contribution in [2.75, 3.05) is 13.2 Å². The molecule has 1 saturated heterocycles. The van der Waals surface area contributed by atoms with Crippen LogP contribution in [-0.4, -0.2) is 28.1 Å². The molecule has 156 valence electrons. The average molecular weight is 439 g/mol. The van der Waals surface area contributed by atoms with Crippen molar-refractivity contribution in [3.63, 3.8) is 0 Å². The Kier molecular flexibility index (Phi) is 5.02. The summed E-state index contributed by atoms with van der Waals surface area (Å²) in [7, 11) is 0. The summed E-state index contributed by atoms with van der Waals surface area (Å²) in [4.78, 5) is 19.9. The molecule has 3 aromatic heterocycles. The number of nitro benzene ring substituents is 1. The summed E-state index contributed by atoms with van der Waals surface area (Å²) in [6.07, 6.45) is 2.89. The van der Waals surface area contributed by atoms with Crippen molar-refractivity contribution in [2.24, 2.45) is 0 Å². The van der Waals surface area contributed by atoms with E-state index in [2.05, 4.69) is 9.97 Å². The maximum Gasteiger partial charge on any atom is 0.272 e. The molecule has 10 heteroatoms. The topological polar surface area (TPSA) is 96.6 Å². The quantitative estimate of drug-likeness (QED) is 0.310. The number of non-ortho nitro benzene ring substituents is 1. The van der Waals surface area contributed by atoms with Crippen molar-refractivity contribution >= 4 is 27.2 Å². The molecule has 31 heavy (non-hydrogen) atoms. The zero-order valence-electron chi connectivity index (χ0n) is 15.9. The minimum atomic E-state index is -0.815. The van der Waals surface area contributed by atoms with Gasteiger partial charge in [0.05, 0.1) is 45.0 Å². The van der Waals surface area contributed by atoms with E-state index in [1.807, 2.05) is 18.2 Å². The predicted octanol–water partition coefficient (Wildman–Crippen LogP) is 5.24. The molecule has 1 aliphatic heterocycles. The van der Waals surface area contributed by atoms with Gasteiger partial charge in [-0.2, -0.15) is 0 Å². The zero-order chi connectivity index (χ0) is 21.4. The van der Waals surface area contributed by atoms with Gasteiger partial charge in [0.2, 0.25) is 0 Å². The number of thiophene rings is 1. The molecule has 0 unspecified atom stereocenters. The number of benzene rings is 1. The molecule has 0 aliphatic carbocycles. The Morgan fingerprint density at radius 2 is 1.94 bits per heavy atom. The van der Waals surface area contributed by atoms with Crippen LogP contribution in [0.2, 0.25) is 0 Å². The molecule has 0 spiro atoms. The lowest BCUT2D eigenvalue weighted by Crippen LogP contribution is -1.98. The van der Waals surface area contributed by atoms with Gasteiger partial charge in [0.1, 0.15) is 5.75 Å². The Bertz CT molecular complexity index is 1270. The van der Waals surface area contributed by atoms with Crippen LogP contribution in [0.4, 0.5) is 10.1 Å². The Balaban J connectivity index is 1.44. The van der Waals surface area contributed by atoms with Crippen LogP contribution in [0.15, 0.2) is 54.9 Å². The van der Waals surface area contributed by atoms with Gasteiger partial charge in [0.15, 0.2) is 17.9 Å². The van der Waals surface area contributed by atoms with Crippen LogP contribution in [0.25, 0.3) is 20.8 Å². The molecule has 4 aromatic rings. The highest BCUT2D eigenvalue weighted by atomic mass is 32.1. The molecule has 8 nitrogen and oxygen atoms in total. The number of pyridine rings is 2. The maximum absolute atomic E-state index is 14.3. The summed E-state index contributed by atoms with van der Waals surface area (Å²) >= 11 is 1.41. The first-order valence-electron chi connectivity index (χ1n) is 9.28. The minimum Gasteiger partial charge on any atom is -0.453 e. The highest BCUT2D eigenvalue weighted by Gasteiger charge is 2.19. The Morgan fingerprint density at radius 3 is 2.65 bits per heavy atom. The standard InChI is InChI=1S/C21H14FN3O5S/c22-14-9-13(25(26)27)2-4-17(14)30-18-5-6-23-16-10-19(31-20(16)18)15-3-1-12(11-24-15)21-28-7-8-29-21/h1-6,9-11,21H,7-8H2. The van der Waals surface area contributed by atoms with Crippen LogP contribution in [-0.2, 0) is 9.47 Å². The summed E-state index contributed by atoms with van der Waals surface area (Å²) in [6, 6.07) is 10.5. The Labute approximate surface area is 179 Å². The van der Waals surface area contributed by atoms with Gasteiger partial charge in [-0.1, -0.05) is 6.07 Å². The molecule has 4 heterocycles. The van der Waals surface area contributed by atoms with E-state index in [-0.39, 0.29) is 17.7 Å². The lowest BCUT2D eigenvalue weighted by Gasteiger charge is -2.08. The largest absolute Gasteiger partial charge is 0.453 e. The number of rotatable bonds is 5. The van der Waals surface area contributed by atoms with Gasteiger partial charge in [-0.15, -0.1) is 11.3 Å². The van der Waals surface area contributed by atoms with Gasteiger partial charge in [0.25, 0.3) is 5.69 Å². The fourth-order valence-electron chi connectivity index (χ4n) is 3.17. The predicted molar refractivity (Wildman–Crippen MR) is 111 cm³/mol. The molecule has 0 saturated carbocycles. The van der Waals surface area contributed by atoms with Gasteiger partial charge < -0.3 is 14.2 Å². The van der Waals surface area contributed by atoms with Crippen molar-refractivity contribution in [3.8, 4) is 22.1 Å². The second-order valence-electron chi connectivity index (χ2n) is 6.66. The number of nitrogens with zero attached hydrogens (tertiary/aromatic N) is 3. The Morgan fingerprint density at radius 1 is 1.10 bits per heavy atom. The lowest BCUT2D eigenvalue weighted by atomic mass is 10.2. The van der Waals surface area contributed by atoms with Gasteiger partial charge in [-0.05, 0) is 18.2 Å². The van der Waals surface area contributed by atoms with E-state index in [1.54, 1.807) is 18.5 Å². The molecular weight excluding hydrogens is 425 g/mol. The van der Waals surface area contributed by atoms with E-state index >= 15 is 0 Å². The van der Waals surface area contributed by atoms with E-state index in [0.717, 1.165) is 22.2 Å². The van der Waals surface area contributed by atoms with Gasteiger partial charge in [-0.25, -0.2) is 4.39 Å². The van der Waals surface area contributed by atoms with Gasteiger partial charge >= 0.3 is 0 Å². The van der Waals surface area contributed by atoms with Gasteiger partial charge in [0, 0.05) is 30.1 Å². The highest BCUT2D eigenvalue weighted by molar-refractivity contribution is 7.22. The molecule has 5 rings (SSSR count). The third kappa shape index (κ3) is 3.83. The first-order valence-corrected chi connectivity index (χ1v) is 10.1. The highest BCUT2D eigenvalue weighted by Crippen LogP contribution is 2.39. The minimum absolute atomic E-state index is 0.105. The summed E-state index contributed by atoms with van der Waals surface area (Å²) < 4.78 is 31.6. The first kappa shape index (κ1) is 19.5. The van der Waals surface area contributed by atoms with E-state index < -0.39 is 10.7 Å². The van der Waals surface area contributed by atoms with Crippen molar-refractivity contribution < 1.29 is 23.5 Å². The second-order valence-corrected chi connectivity index (χ2v) is 7.71. The van der Waals surface area contributed by atoms with E-state index in [1.165, 1.54) is 23.5 Å². The van der Waals surface area contributed by atoms with Crippen LogP contribution in [0, 0.1) is 15.9 Å². The molecule has 0 N–H and O–H groups in total. The molecule has 0 radical (unpaired) electrons.